The van der Waals surface area contributed by atoms with Crippen LogP contribution in [0.15, 0.2) is 318 Å². The Bertz CT molecular complexity index is 6790. The molecule has 5 heterocycles. The van der Waals surface area contributed by atoms with Gasteiger partial charge in [0, 0.05) is 81.4 Å². The van der Waals surface area contributed by atoms with Crippen molar-refractivity contribution < 1.29 is 12.9 Å². The molecule has 548 valence electrons. The van der Waals surface area contributed by atoms with Gasteiger partial charge in [-0.3, -0.25) is 0 Å². The second-order valence-electron chi connectivity index (χ2n) is 35.4. The van der Waals surface area contributed by atoms with Gasteiger partial charge in [-0.05, 0) is 208 Å². The molecule has 18 aromatic rings. The van der Waals surface area contributed by atoms with Crippen LogP contribution >= 0.6 is 0 Å². The molecule has 0 atom stereocenters. The Morgan fingerprint density at radius 1 is 0.283 bits per heavy atom. The number of anilines is 6. The first-order valence-corrected chi connectivity index (χ1v) is 39.8. The molecule has 0 bridgehead atoms. The van der Waals surface area contributed by atoms with Crippen molar-refractivity contribution in [3.63, 3.8) is 0 Å². The summed E-state index contributed by atoms with van der Waals surface area (Å²) in [5.41, 5.74) is 31.4. The van der Waals surface area contributed by atoms with Gasteiger partial charge in [0.1, 0.15) is 22.3 Å². The molecule has 0 amide bonds. The van der Waals surface area contributed by atoms with E-state index in [1.54, 1.807) is 0 Å². The zero-order valence-electron chi connectivity index (χ0n) is 69.2. The molecular formula is C107H90BN3O2. The monoisotopic (exact) mass is 1460 g/mol. The summed E-state index contributed by atoms with van der Waals surface area (Å²) in [5.74, 6) is 0. The predicted molar refractivity (Wildman–Crippen MR) is 482 cm³/mol. The first kappa shape index (κ1) is 66.2. The van der Waals surface area contributed by atoms with E-state index in [2.05, 4.69) is 395 Å². The van der Waals surface area contributed by atoms with Gasteiger partial charge in [0.25, 0.3) is 6.71 Å². The molecule has 0 unspecified atom stereocenters. The molecule has 0 saturated heterocycles. The van der Waals surface area contributed by atoms with E-state index in [0.29, 0.717) is 0 Å². The zero-order valence-corrected chi connectivity index (χ0v) is 66.2. The number of aromatic nitrogens is 1. The Kier molecular flexibility index (Phi) is 15.1. The molecule has 113 heavy (non-hydrogen) atoms. The van der Waals surface area contributed by atoms with Crippen molar-refractivity contribution in [1.29, 1.82) is 0 Å². The fraction of sp³-hybridized carbons (Fsp3) is 0.159. The third kappa shape index (κ3) is 11.4. The molecule has 15 aromatic carbocycles. The highest BCUT2D eigenvalue weighted by Gasteiger charge is 2.47. The second kappa shape index (κ2) is 25.7. The van der Waals surface area contributed by atoms with E-state index in [9.17, 15) is 4.11 Å². The summed E-state index contributed by atoms with van der Waals surface area (Å²) < 4.78 is 45.2. The van der Waals surface area contributed by atoms with Crippen LogP contribution in [0.25, 0.3) is 138 Å². The maximum Gasteiger partial charge on any atom is 0.252 e. The minimum Gasteiger partial charge on any atom is -0.456 e. The minimum atomic E-state index is -2.50. The molecule has 0 N–H and O–H groups in total. The van der Waals surface area contributed by atoms with Crippen molar-refractivity contribution in [3.8, 4) is 72.4 Å². The lowest BCUT2D eigenvalue weighted by Gasteiger charge is -2.46. The highest BCUT2D eigenvalue weighted by atomic mass is 16.3. The largest absolute Gasteiger partial charge is 0.456 e. The average Bonchev–Trinajstić information content (AvgIpc) is 0.862. The number of fused-ring (bicyclic) bond motifs is 13. The van der Waals surface area contributed by atoms with Crippen molar-refractivity contribution >= 4 is 123 Å². The number of nitrogens with zero attached hydrogens (tertiary/aromatic N) is 3. The Hall–Kier alpha value is -12.6. The van der Waals surface area contributed by atoms with Crippen molar-refractivity contribution in [2.24, 2.45) is 0 Å². The summed E-state index contributed by atoms with van der Waals surface area (Å²) in [6.45, 7) is 24.8. The van der Waals surface area contributed by atoms with Crippen LogP contribution in [0.5, 0.6) is 0 Å². The standard InChI is InChI=1S/C107H90BN3O2/c1-65-46-52-87-92(54-65)111(102-83(67-32-19-15-20-33-67)57-74(106(8,9)10)58-84(102)68-34-21-16-22-35-68)94-64-76(109-90-61-72(104(2,3)4)48-50-77(90)78-51-49-73(62-91(78)109)105(5,6)7)63-93-101(94)108(87)88-56-71(70-37-27-36-69(55-70)66-30-17-14-18-31-66)47-53-89(88)110(93)103-85(79-40-28-44-97-99(79)81-38-23-25-42-95(81)112-97)59-75(107(11,12)13)60-86(103)80-41-29-45-98-100(80)82-39-24-26-43-96(82)113-98/h14-64H,1-13H3/i1D3. The van der Waals surface area contributed by atoms with Gasteiger partial charge in [-0.2, -0.15) is 0 Å². The lowest BCUT2D eigenvalue weighted by Crippen LogP contribution is -2.61. The molecule has 0 saturated carbocycles. The second-order valence-corrected chi connectivity index (χ2v) is 35.4. The SMILES string of the molecule is [2H]C([2H])([2H])c1ccc2c(c1)N(c1c(-c3ccccc3)cc(C(C)(C)C)cc1-c1ccccc1)c1cc(-n3c4cc(C(C)(C)C)ccc4c4ccc(C(C)(C)C)cc43)cc3c1B2c1cc(-c2cccc(-c4ccccc4)c2)ccc1N3c1c(-c2cccc3oc4ccccc4c23)cc(C(C)(C)C)cc1-c1cccc2oc3ccccc3c12. The molecule has 0 aliphatic carbocycles. The van der Waals surface area contributed by atoms with Gasteiger partial charge in [-0.1, -0.05) is 301 Å². The van der Waals surface area contributed by atoms with Crippen molar-refractivity contribution in [1.82, 2.24) is 4.57 Å². The van der Waals surface area contributed by atoms with Crippen LogP contribution in [0.4, 0.5) is 34.1 Å². The molecule has 20 rings (SSSR count). The summed E-state index contributed by atoms with van der Waals surface area (Å²) in [4.78, 5) is 5.17. The summed E-state index contributed by atoms with van der Waals surface area (Å²) >= 11 is 0. The third-order valence-corrected chi connectivity index (χ3v) is 24.1. The first-order chi connectivity index (χ1) is 55.7. The van der Waals surface area contributed by atoms with E-state index in [1.165, 1.54) is 16.7 Å². The average molecular weight is 1460 g/mol. The number of para-hydroxylation sites is 2. The predicted octanol–water partition coefficient (Wildman–Crippen LogP) is 28.2. The summed E-state index contributed by atoms with van der Waals surface area (Å²) in [6.07, 6.45) is 0. The molecule has 0 fully saturated rings. The van der Waals surface area contributed by atoms with E-state index in [0.717, 1.165) is 194 Å². The normalized spacial score (nSPS) is 13.6. The number of hydrogen-bond acceptors (Lipinski definition) is 4. The molecular weight excluding hydrogens is 1370 g/mol. The lowest BCUT2D eigenvalue weighted by atomic mass is 9.33. The highest BCUT2D eigenvalue weighted by molar-refractivity contribution is 7.00. The highest BCUT2D eigenvalue weighted by Crippen LogP contribution is 2.57. The van der Waals surface area contributed by atoms with Gasteiger partial charge in [-0.15, -0.1) is 0 Å². The van der Waals surface area contributed by atoms with Crippen LogP contribution in [0.1, 0.15) is 115 Å². The zero-order chi connectivity index (χ0) is 79.8. The summed E-state index contributed by atoms with van der Waals surface area (Å²) in [5, 5.41) is 6.38. The lowest BCUT2D eigenvalue weighted by molar-refractivity contribution is 0.590. The number of hydrogen-bond donors (Lipinski definition) is 0. The van der Waals surface area contributed by atoms with Crippen molar-refractivity contribution in [3.05, 3.63) is 337 Å². The van der Waals surface area contributed by atoms with Gasteiger partial charge in [0.05, 0.1) is 28.1 Å². The fourth-order valence-electron chi connectivity index (χ4n) is 18.2. The summed E-state index contributed by atoms with van der Waals surface area (Å²) in [7, 11) is 0. The van der Waals surface area contributed by atoms with Crippen molar-refractivity contribution in [2.75, 3.05) is 9.80 Å². The van der Waals surface area contributed by atoms with E-state index < -0.39 is 13.6 Å². The molecule has 0 radical (unpaired) electrons. The van der Waals surface area contributed by atoms with Crippen LogP contribution in [0.3, 0.4) is 0 Å². The number of aryl methyl sites for hydroxylation is 1. The Labute approximate surface area is 667 Å². The number of benzene rings is 15. The molecule has 6 heteroatoms. The van der Waals surface area contributed by atoms with Gasteiger partial charge in [0.2, 0.25) is 0 Å². The number of furan rings is 2. The molecule has 3 aromatic heterocycles. The van der Waals surface area contributed by atoms with Gasteiger partial charge < -0.3 is 23.2 Å². The van der Waals surface area contributed by atoms with E-state index in [-0.39, 0.29) is 27.2 Å². The number of rotatable bonds is 9. The van der Waals surface area contributed by atoms with Gasteiger partial charge >= 0.3 is 0 Å². The Balaban J connectivity index is 1.04. The quantitative estimate of drug-likeness (QED) is 0.135. The molecule has 2 aliphatic rings. The smallest absolute Gasteiger partial charge is 0.252 e. The van der Waals surface area contributed by atoms with Crippen LogP contribution in [-0.2, 0) is 21.7 Å². The first-order valence-electron chi connectivity index (χ1n) is 41.3. The molecule has 5 nitrogen and oxygen atoms in total. The fourth-order valence-corrected chi connectivity index (χ4v) is 18.2. The Morgan fingerprint density at radius 2 is 0.708 bits per heavy atom. The van der Waals surface area contributed by atoms with Crippen LogP contribution in [0, 0.1) is 6.85 Å². The van der Waals surface area contributed by atoms with Crippen LogP contribution in [-0.4, -0.2) is 11.3 Å². The van der Waals surface area contributed by atoms with E-state index >= 15 is 0 Å². The van der Waals surface area contributed by atoms with Gasteiger partial charge in [-0.25, -0.2) is 0 Å². The topological polar surface area (TPSA) is 37.7 Å². The van der Waals surface area contributed by atoms with Crippen LogP contribution < -0.4 is 26.2 Å². The molecule has 2 aliphatic heterocycles. The maximum atomic E-state index is 9.54. The maximum absolute atomic E-state index is 9.54. The molecule has 0 spiro atoms. The minimum absolute atomic E-state index is 0.219. The third-order valence-electron chi connectivity index (χ3n) is 24.1. The van der Waals surface area contributed by atoms with Crippen LogP contribution in [0.2, 0.25) is 0 Å². The van der Waals surface area contributed by atoms with E-state index in [4.69, 9.17) is 8.83 Å². The van der Waals surface area contributed by atoms with Gasteiger partial charge in [0.15, 0.2) is 0 Å². The van der Waals surface area contributed by atoms with Crippen molar-refractivity contribution in [2.45, 2.75) is 112 Å². The summed E-state index contributed by atoms with van der Waals surface area (Å²) in [6, 6.07) is 114. The van der Waals surface area contributed by atoms with E-state index in [1.807, 2.05) is 12.1 Å². The Morgan fingerprint density at radius 3 is 1.21 bits per heavy atom.